The summed E-state index contributed by atoms with van der Waals surface area (Å²) in [4.78, 5) is 23.8. The molecular formula is C39H68O4. The fraction of sp³-hybridized carbons (Fsp3) is 0.744. The third-order valence-electron chi connectivity index (χ3n) is 7.48. The van der Waals surface area contributed by atoms with E-state index >= 15 is 0 Å². The van der Waals surface area contributed by atoms with E-state index in [1.54, 1.807) is 0 Å². The lowest BCUT2D eigenvalue weighted by molar-refractivity contribution is -0.146. The standard InChI is InChI=1S/C39H68O4/c1-3-5-7-9-11-13-15-17-19-21-23-25-27-29-31-34-38(40)42-36-33-37-43-39(41)35-32-30-28-26-24-22-20-18-16-14-12-10-8-6-4-2/h11-14,17-20H,3-10,15-16,21-37H2,1-2H3/b13-11+,14-12+,19-17+,20-18+. The van der Waals surface area contributed by atoms with Crippen LogP contribution in [0, 0.1) is 0 Å². The highest BCUT2D eigenvalue weighted by Gasteiger charge is 2.05. The van der Waals surface area contributed by atoms with E-state index in [0.717, 1.165) is 51.4 Å². The second-order valence-electron chi connectivity index (χ2n) is 11.8. The van der Waals surface area contributed by atoms with Gasteiger partial charge in [-0.1, -0.05) is 127 Å². The first kappa shape index (κ1) is 40.9. The van der Waals surface area contributed by atoms with Gasteiger partial charge in [0.15, 0.2) is 0 Å². The summed E-state index contributed by atoms with van der Waals surface area (Å²) in [5.74, 6) is -0.274. The Bertz CT molecular complexity index is 659. The zero-order chi connectivity index (χ0) is 31.3. The number of unbranched alkanes of at least 4 members (excludes halogenated alkanes) is 16. The quantitative estimate of drug-likeness (QED) is 0.0438. The molecule has 4 heteroatoms. The largest absolute Gasteiger partial charge is 0.466 e. The van der Waals surface area contributed by atoms with E-state index in [-0.39, 0.29) is 11.9 Å². The number of hydrogen-bond acceptors (Lipinski definition) is 4. The highest BCUT2D eigenvalue weighted by atomic mass is 16.5. The van der Waals surface area contributed by atoms with E-state index in [0.29, 0.717) is 32.5 Å². The summed E-state index contributed by atoms with van der Waals surface area (Å²) < 4.78 is 10.6. The number of rotatable bonds is 32. The molecule has 0 aromatic carbocycles. The Morgan fingerprint density at radius 3 is 1.09 bits per heavy atom. The lowest BCUT2D eigenvalue weighted by atomic mass is 10.1. The highest BCUT2D eigenvalue weighted by Crippen LogP contribution is 2.10. The number of carbonyl (C=O) groups excluding carboxylic acids is 2. The number of hydrogen-bond donors (Lipinski definition) is 0. The molecule has 248 valence electrons. The van der Waals surface area contributed by atoms with Crippen molar-refractivity contribution in [3.8, 4) is 0 Å². The molecule has 0 aromatic heterocycles. The maximum absolute atomic E-state index is 11.9. The van der Waals surface area contributed by atoms with Crippen molar-refractivity contribution in [1.29, 1.82) is 0 Å². The van der Waals surface area contributed by atoms with Gasteiger partial charge >= 0.3 is 11.9 Å². The molecule has 0 aliphatic rings. The van der Waals surface area contributed by atoms with Crippen LogP contribution in [0.15, 0.2) is 48.6 Å². The number of allylic oxidation sites excluding steroid dienone is 8. The molecule has 0 atom stereocenters. The van der Waals surface area contributed by atoms with Crippen LogP contribution in [0.4, 0.5) is 0 Å². The van der Waals surface area contributed by atoms with Gasteiger partial charge in [-0.15, -0.1) is 0 Å². The molecule has 0 aliphatic carbocycles. The Morgan fingerprint density at radius 2 is 0.721 bits per heavy atom. The third-order valence-corrected chi connectivity index (χ3v) is 7.48. The zero-order valence-corrected chi connectivity index (χ0v) is 28.3. The minimum absolute atomic E-state index is 0.137. The Labute approximate surface area is 266 Å². The van der Waals surface area contributed by atoms with Crippen LogP contribution in [0.5, 0.6) is 0 Å². The average Bonchev–Trinajstić information content (AvgIpc) is 3.00. The fourth-order valence-electron chi connectivity index (χ4n) is 4.74. The van der Waals surface area contributed by atoms with Crippen LogP contribution in [-0.4, -0.2) is 25.2 Å². The molecule has 0 bridgehead atoms. The molecule has 0 N–H and O–H groups in total. The van der Waals surface area contributed by atoms with Gasteiger partial charge in [-0.05, 0) is 77.0 Å². The smallest absolute Gasteiger partial charge is 0.305 e. The Balaban J connectivity index is 3.38. The summed E-state index contributed by atoms with van der Waals surface area (Å²) in [5, 5.41) is 0. The molecule has 0 radical (unpaired) electrons. The van der Waals surface area contributed by atoms with Gasteiger partial charge < -0.3 is 9.47 Å². The molecule has 0 aliphatic heterocycles. The summed E-state index contributed by atoms with van der Waals surface area (Å²) in [7, 11) is 0. The molecule has 0 unspecified atom stereocenters. The maximum Gasteiger partial charge on any atom is 0.305 e. The normalized spacial score (nSPS) is 12.0. The van der Waals surface area contributed by atoms with Crippen molar-refractivity contribution in [3.05, 3.63) is 48.6 Å². The number of carbonyl (C=O) groups is 2. The molecule has 0 aromatic rings. The van der Waals surface area contributed by atoms with Crippen molar-refractivity contribution in [3.63, 3.8) is 0 Å². The Morgan fingerprint density at radius 1 is 0.395 bits per heavy atom. The van der Waals surface area contributed by atoms with Crippen molar-refractivity contribution < 1.29 is 19.1 Å². The van der Waals surface area contributed by atoms with Crippen LogP contribution >= 0.6 is 0 Å². The first-order chi connectivity index (χ1) is 21.2. The highest BCUT2D eigenvalue weighted by molar-refractivity contribution is 5.69. The predicted molar refractivity (Wildman–Crippen MR) is 185 cm³/mol. The minimum Gasteiger partial charge on any atom is -0.466 e. The van der Waals surface area contributed by atoms with Crippen molar-refractivity contribution in [1.82, 2.24) is 0 Å². The second-order valence-corrected chi connectivity index (χ2v) is 11.8. The summed E-state index contributed by atoms with van der Waals surface area (Å²) >= 11 is 0. The summed E-state index contributed by atoms with van der Waals surface area (Å²) in [6.07, 6.45) is 45.6. The van der Waals surface area contributed by atoms with E-state index in [1.807, 2.05) is 0 Å². The van der Waals surface area contributed by atoms with Gasteiger partial charge in [0.05, 0.1) is 13.2 Å². The summed E-state index contributed by atoms with van der Waals surface area (Å²) in [5.41, 5.74) is 0. The summed E-state index contributed by atoms with van der Waals surface area (Å²) in [6, 6.07) is 0. The molecule has 0 saturated carbocycles. The number of ether oxygens (including phenoxy) is 2. The summed E-state index contributed by atoms with van der Waals surface area (Å²) in [6.45, 7) is 5.14. The Hall–Kier alpha value is -2.10. The van der Waals surface area contributed by atoms with Crippen molar-refractivity contribution in [2.24, 2.45) is 0 Å². The van der Waals surface area contributed by atoms with E-state index < -0.39 is 0 Å². The van der Waals surface area contributed by atoms with Crippen LogP contribution in [0.3, 0.4) is 0 Å². The average molecular weight is 601 g/mol. The van der Waals surface area contributed by atoms with Gasteiger partial charge in [-0.2, -0.15) is 0 Å². The lowest BCUT2D eigenvalue weighted by Crippen LogP contribution is -2.10. The first-order valence-electron chi connectivity index (χ1n) is 18.1. The van der Waals surface area contributed by atoms with E-state index in [1.165, 1.54) is 89.9 Å². The van der Waals surface area contributed by atoms with Gasteiger partial charge in [-0.25, -0.2) is 0 Å². The van der Waals surface area contributed by atoms with E-state index in [2.05, 4.69) is 62.5 Å². The monoisotopic (exact) mass is 601 g/mol. The van der Waals surface area contributed by atoms with Crippen LogP contribution in [-0.2, 0) is 19.1 Å². The van der Waals surface area contributed by atoms with Crippen LogP contribution in [0.1, 0.15) is 174 Å². The first-order valence-corrected chi connectivity index (χ1v) is 18.1. The van der Waals surface area contributed by atoms with Crippen molar-refractivity contribution >= 4 is 11.9 Å². The molecule has 0 heterocycles. The van der Waals surface area contributed by atoms with Crippen molar-refractivity contribution in [2.45, 2.75) is 174 Å². The third kappa shape index (κ3) is 36.0. The molecule has 0 fully saturated rings. The van der Waals surface area contributed by atoms with Gasteiger partial charge in [0, 0.05) is 19.3 Å². The molecule has 43 heavy (non-hydrogen) atoms. The molecule has 0 rings (SSSR count). The van der Waals surface area contributed by atoms with E-state index in [9.17, 15) is 9.59 Å². The van der Waals surface area contributed by atoms with Crippen LogP contribution < -0.4 is 0 Å². The maximum atomic E-state index is 11.9. The molecule has 0 amide bonds. The molecule has 4 nitrogen and oxygen atoms in total. The van der Waals surface area contributed by atoms with Crippen LogP contribution in [0.25, 0.3) is 0 Å². The van der Waals surface area contributed by atoms with Crippen LogP contribution in [0.2, 0.25) is 0 Å². The van der Waals surface area contributed by atoms with E-state index in [4.69, 9.17) is 9.47 Å². The van der Waals surface area contributed by atoms with Gasteiger partial charge in [-0.3, -0.25) is 9.59 Å². The Kier molecular flexibility index (Phi) is 34.3. The van der Waals surface area contributed by atoms with Crippen molar-refractivity contribution in [2.75, 3.05) is 13.2 Å². The fourth-order valence-corrected chi connectivity index (χ4v) is 4.74. The molecule has 0 spiro atoms. The topological polar surface area (TPSA) is 52.6 Å². The lowest BCUT2D eigenvalue weighted by Gasteiger charge is -2.06. The predicted octanol–water partition coefficient (Wildman–Crippen LogP) is 12.1. The molecule has 0 saturated heterocycles. The van der Waals surface area contributed by atoms with Gasteiger partial charge in [0.2, 0.25) is 0 Å². The SMILES string of the molecule is CCCCC/C=C/C/C=C/CCCCCCCC(=O)OCCCOC(=O)CCCCCCC/C=C/C/C=C/CCCCC. The molecular weight excluding hydrogens is 532 g/mol. The van der Waals surface area contributed by atoms with Gasteiger partial charge in [0.25, 0.3) is 0 Å². The second kappa shape index (κ2) is 36.1. The minimum atomic E-state index is -0.137. The van der Waals surface area contributed by atoms with Gasteiger partial charge in [0.1, 0.15) is 0 Å². The zero-order valence-electron chi connectivity index (χ0n) is 28.3. The number of esters is 2.